The fraction of sp³-hybridized carbons (Fsp3) is 0.444. The summed E-state index contributed by atoms with van der Waals surface area (Å²) in [6.07, 6.45) is 5.39. The number of ether oxygens (including phenoxy) is 1. The first-order valence-electron chi connectivity index (χ1n) is 7.94. The van der Waals surface area contributed by atoms with Crippen molar-refractivity contribution in [3.63, 3.8) is 0 Å². The van der Waals surface area contributed by atoms with Gasteiger partial charge in [0, 0.05) is 17.5 Å². The van der Waals surface area contributed by atoms with Gasteiger partial charge in [-0.15, -0.1) is 0 Å². The number of hydrogen-bond donors (Lipinski definition) is 1. The molecule has 0 saturated carbocycles. The van der Waals surface area contributed by atoms with Gasteiger partial charge in [-0.05, 0) is 18.6 Å². The third-order valence-corrected chi connectivity index (χ3v) is 4.63. The Morgan fingerprint density at radius 1 is 1.35 bits per heavy atom. The molecule has 1 aromatic heterocycles. The minimum Gasteiger partial charge on any atom is -0.477 e. The molecule has 0 radical (unpaired) electrons. The van der Waals surface area contributed by atoms with Crippen LogP contribution in [0.1, 0.15) is 39.5 Å². The fourth-order valence-electron chi connectivity index (χ4n) is 2.56. The van der Waals surface area contributed by atoms with Gasteiger partial charge >= 0.3 is 5.97 Å². The summed E-state index contributed by atoms with van der Waals surface area (Å²) in [5, 5.41) is 8.71. The normalized spacial score (nSPS) is 15.1. The number of fused-ring (bicyclic) bond motifs is 1. The van der Waals surface area contributed by atoms with E-state index >= 15 is 0 Å². The molecule has 23 heavy (non-hydrogen) atoms. The average molecular weight is 336 g/mol. The Morgan fingerprint density at radius 2 is 2.09 bits per heavy atom. The third-order valence-electron chi connectivity index (χ3n) is 4.02. The van der Waals surface area contributed by atoms with Gasteiger partial charge in [-0.25, -0.2) is 4.79 Å². The molecule has 124 valence electrons. The molecule has 5 heteroatoms. The van der Waals surface area contributed by atoms with Crippen molar-refractivity contribution in [2.75, 3.05) is 0 Å². The number of carbonyl (C=O) groups is 1. The van der Waals surface area contributed by atoms with Crippen LogP contribution in [0.5, 0.6) is 5.75 Å². The van der Waals surface area contributed by atoms with E-state index in [1.165, 1.54) is 0 Å². The van der Waals surface area contributed by atoms with Gasteiger partial charge in [-0.1, -0.05) is 62.9 Å². The standard InChI is InChI=1S/C18H22ClNO3/c1-3-4-5-8-13(2)18(19,17(21)22)23-15-11-6-9-14-10-7-12-20-16(14)15/h6-7,9-13H,3-5,8H2,1-2H3,(H,21,22). The maximum absolute atomic E-state index is 11.8. The molecule has 0 aliphatic heterocycles. The van der Waals surface area contributed by atoms with Crippen molar-refractivity contribution in [3.8, 4) is 5.75 Å². The van der Waals surface area contributed by atoms with Crippen molar-refractivity contribution in [1.82, 2.24) is 4.98 Å². The number of alkyl halides is 1. The number of nitrogens with zero attached hydrogens (tertiary/aromatic N) is 1. The van der Waals surface area contributed by atoms with E-state index in [0.717, 1.165) is 24.6 Å². The first-order chi connectivity index (χ1) is 11.0. The Labute approximate surface area is 141 Å². The molecule has 0 spiro atoms. The maximum Gasteiger partial charge on any atom is 0.364 e. The van der Waals surface area contributed by atoms with Crippen molar-refractivity contribution in [1.29, 1.82) is 0 Å². The fourth-order valence-corrected chi connectivity index (χ4v) is 2.75. The molecule has 2 atom stereocenters. The first kappa shape index (κ1) is 17.5. The number of carboxylic acids is 1. The van der Waals surface area contributed by atoms with Gasteiger partial charge in [0.2, 0.25) is 0 Å². The molecule has 0 saturated heterocycles. The number of benzene rings is 1. The lowest BCUT2D eigenvalue weighted by molar-refractivity contribution is -0.151. The van der Waals surface area contributed by atoms with Crippen molar-refractivity contribution in [2.24, 2.45) is 5.92 Å². The number of pyridine rings is 1. The zero-order chi connectivity index (χ0) is 16.9. The van der Waals surface area contributed by atoms with Gasteiger partial charge in [0.05, 0.1) is 0 Å². The Hall–Kier alpha value is -1.81. The molecular formula is C18H22ClNO3. The lowest BCUT2D eigenvalue weighted by Gasteiger charge is -2.30. The lowest BCUT2D eigenvalue weighted by atomic mass is 9.96. The second-order valence-corrected chi connectivity index (χ2v) is 6.34. The Bertz CT molecular complexity index is 671. The van der Waals surface area contributed by atoms with Crippen LogP contribution in [0.3, 0.4) is 0 Å². The highest BCUT2D eigenvalue weighted by atomic mass is 35.5. The zero-order valence-corrected chi connectivity index (χ0v) is 14.2. The summed E-state index contributed by atoms with van der Waals surface area (Å²) in [5.41, 5.74) is 0.613. The van der Waals surface area contributed by atoms with Gasteiger partial charge in [-0.2, -0.15) is 0 Å². The Morgan fingerprint density at radius 3 is 2.78 bits per heavy atom. The zero-order valence-electron chi connectivity index (χ0n) is 13.5. The smallest absolute Gasteiger partial charge is 0.364 e. The predicted molar refractivity (Wildman–Crippen MR) is 91.9 cm³/mol. The first-order valence-corrected chi connectivity index (χ1v) is 8.32. The van der Waals surface area contributed by atoms with Gasteiger partial charge in [0.25, 0.3) is 5.06 Å². The molecule has 0 bridgehead atoms. The van der Waals surface area contributed by atoms with Crippen molar-refractivity contribution in [2.45, 2.75) is 44.6 Å². The highest BCUT2D eigenvalue weighted by molar-refractivity contribution is 6.33. The second kappa shape index (κ2) is 7.64. The molecule has 4 nitrogen and oxygen atoms in total. The van der Waals surface area contributed by atoms with Crippen molar-refractivity contribution >= 4 is 28.5 Å². The highest BCUT2D eigenvalue weighted by Crippen LogP contribution is 2.35. The van der Waals surface area contributed by atoms with E-state index in [-0.39, 0.29) is 5.92 Å². The van der Waals surface area contributed by atoms with E-state index in [1.807, 2.05) is 25.1 Å². The van der Waals surface area contributed by atoms with E-state index < -0.39 is 11.0 Å². The summed E-state index contributed by atoms with van der Waals surface area (Å²) in [5.74, 6) is -1.11. The number of unbranched alkanes of at least 4 members (excludes halogenated alkanes) is 2. The topological polar surface area (TPSA) is 59.4 Å². The molecule has 2 rings (SSSR count). The number of aromatic nitrogens is 1. The van der Waals surface area contributed by atoms with E-state index in [4.69, 9.17) is 16.3 Å². The molecule has 1 heterocycles. The number of hydrogen-bond acceptors (Lipinski definition) is 3. The summed E-state index contributed by atoms with van der Waals surface area (Å²) >= 11 is 6.39. The second-order valence-electron chi connectivity index (χ2n) is 5.78. The van der Waals surface area contributed by atoms with Crippen LogP contribution in [0.4, 0.5) is 0 Å². The number of carboxylic acid groups (broad SMARTS) is 1. The predicted octanol–water partition coefficient (Wildman–Crippen LogP) is 4.85. The minimum atomic E-state index is -1.79. The summed E-state index contributed by atoms with van der Waals surface area (Å²) < 4.78 is 5.77. The number of rotatable bonds is 8. The van der Waals surface area contributed by atoms with Gasteiger partial charge in [-0.3, -0.25) is 4.98 Å². The van der Waals surface area contributed by atoms with Gasteiger partial charge in [0.15, 0.2) is 0 Å². The third kappa shape index (κ3) is 3.94. The summed E-state index contributed by atoms with van der Waals surface area (Å²) in [4.78, 5) is 16.0. The molecule has 1 N–H and O–H groups in total. The molecule has 0 amide bonds. The van der Waals surface area contributed by atoms with Gasteiger partial charge in [0.1, 0.15) is 11.3 Å². The lowest BCUT2D eigenvalue weighted by Crippen LogP contribution is -2.45. The van der Waals surface area contributed by atoms with Crippen LogP contribution >= 0.6 is 11.6 Å². The SMILES string of the molecule is CCCCCC(C)C(Cl)(Oc1cccc2cccnc12)C(=O)O. The van der Waals surface area contributed by atoms with Crippen LogP contribution < -0.4 is 4.74 Å². The average Bonchev–Trinajstić information content (AvgIpc) is 2.55. The highest BCUT2D eigenvalue weighted by Gasteiger charge is 2.44. The van der Waals surface area contributed by atoms with Crippen LogP contribution in [0.25, 0.3) is 10.9 Å². The summed E-state index contributed by atoms with van der Waals surface area (Å²) in [6.45, 7) is 3.92. The minimum absolute atomic E-state index is 0.327. The molecular weight excluding hydrogens is 314 g/mol. The molecule has 2 aromatic rings. The number of aliphatic carboxylic acids is 1. The number of halogens is 1. The van der Waals surface area contributed by atoms with Gasteiger partial charge < -0.3 is 9.84 Å². The van der Waals surface area contributed by atoms with Crippen molar-refractivity contribution < 1.29 is 14.6 Å². The van der Waals surface area contributed by atoms with Crippen LogP contribution in [0, 0.1) is 5.92 Å². The largest absolute Gasteiger partial charge is 0.477 e. The Kier molecular flexibility index (Phi) is 5.83. The van der Waals surface area contributed by atoms with Crippen LogP contribution in [-0.4, -0.2) is 21.1 Å². The van der Waals surface area contributed by atoms with Crippen LogP contribution in [0.2, 0.25) is 0 Å². The van der Waals surface area contributed by atoms with Crippen LogP contribution in [0.15, 0.2) is 36.5 Å². The molecule has 0 aliphatic carbocycles. The monoisotopic (exact) mass is 335 g/mol. The van der Waals surface area contributed by atoms with E-state index in [1.54, 1.807) is 18.3 Å². The maximum atomic E-state index is 11.8. The quantitative estimate of drug-likeness (QED) is 0.553. The Balaban J connectivity index is 2.29. The molecule has 0 fully saturated rings. The van der Waals surface area contributed by atoms with E-state index in [2.05, 4.69) is 11.9 Å². The number of para-hydroxylation sites is 1. The molecule has 2 unspecified atom stereocenters. The van der Waals surface area contributed by atoms with Crippen LogP contribution in [-0.2, 0) is 4.79 Å². The van der Waals surface area contributed by atoms with E-state index in [0.29, 0.717) is 17.7 Å². The van der Waals surface area contributed by atoms with E-state index in [9.17, 15) is 9.90 Å². The molecule has 1 aromatic carbocycles. The summed E-state index contributed by atoms with van der Waals surface area (Å²) in [7, 11) is 0. The molecule has 0 aliphatic rings. The summed E-state index contributed by atoms with van der Waals surface area (Å²) in [6, 6.07) is 9.13. The van der Waals surface area contributed by atoms with Crippen molar-refractivity contribution in [3.05, 3.63) is 36.5 Å².